The van der Waals surface area contributed by atoms with E-state index in [1.54, 1.807) is 0 Å². The number of hydrogen-bond acceptors (Lipinski definition) is 4. The van der Waals surface area contributed by atoms with Crippen molar-refractivity contribution < 1.29 is 14.3 Å². The van der Waals surface area contributed by atoms with E-state index in [0.29, 0.717) is 13.0 Å². The van der Waals surface area contributed by atoms with Crippen LogP contribution in [-0.2, 0) is 27.3 Å². The summed E-state index contributed by atoms with van der Waals surface area (Å²) in [5.41, 5.74) is 5.17. The van der Waals surface area contributed by atoms with Gasteiger partial charge in [0.1, 0.15) is 6.23 Å². The predicted molar refractivity (Wildman–Crippen MR) is 135 cm³/mol. The molecule has 1 fully saturated rings. The van der Waals surface area contributed by atoms with Crippen molar-refractivity contribution in [2.45, 2.75) is 84.0 Å². The third-order valence-corrected chi connectivity index (χ3v) is 6.61. The van der Waals surface area contributed by atoms with Crippen LogP contribution in [-0.4, -0.2) is 37.3 Å². The van der Waals surface area contributed by atoms with E-state index >= 15 is 0 Å². The van der Waals surface area contributed by atoms with E-state index in [0.717, 1.165) is 38.8 Å². The van der Waals surface area contributed by atoms with E-state index in [4.69, 9.17) is 9.47 Å². The molecule has 2 aromatic rings. The predicted octanol–water partition coefficient (Wildman–Crippen LogP) is 6.76. The van der Waals surface area contributed by atoms with E-state index < -0.39 is 0 Å². The Bertz CT molecular complexity index is 816. The molecular formula is C29H41NO3. The largest absolute Gasteiger partial charge is 0.469 e. The van der Waals surface area contributed by atoms with Crippen LogP contribution < -0.4 is 0 Å². The molecule has 1 heterocycles. The zero-order valence-corrected chi connectivity index (χ0v) is 20.6. The van der Waals surface area contributed by atoms with E-state index in [1.165, 1.54) is 61.5 Å². The molecule has 0 radical (unpaired) electrons. The van der Waals surface area contributed by atoms with Crippen molar-refractivity contribution in [3.8, 4) is 11.1 Å². The number of likely N-dealkylation sites (tertiary alicyclic amines) is 1. The topological polar surface area (TPSA) is 38.8 Å². The third-order valence-electron chi connectivity index (χ3n) is 6.61. The SMILES string of the molecule is CCCCc1ccc(-c2ccc(COC3CCCCN3CCCCCC(=O)OC)cc2)cc1. The Hall–Kier alpha value is -2.17. The summed E-state index contributed by atoms with van der Waals surface area (Å²) in [6, 6.07) is 17.8. The first kappa shape index (κ1) is 25.5. The number of aryl methyl sites for hydroxylation is 1. The number of carbonyl (C=O) groups excluding carboxylic acids is 1. The molecule has 0 aromatic heterocycles. The van der Waals surface area contributed by atoms with Gasteiger partial charge in [-0.05, 0) is 67.2 Å². The second-order valence-electron chi connectivity index (χ2n) is 9.18. The number of methoxy groups -OCH3 is 1. The van der Waals surface area contributed by atoms with Gasteiger partial charge in [0.2, 0.25) is 0 Å². The molecule has 1 aliphatic rings. The molecule has 33 heavy (non-hydrogen) atoms. The molecule has 4 nitrogen and oxygen atoms in total. The van der Waals surface area contributed by atoms with Crippen LogP contribution in [0, 0.1) is 0 Å². The van der Waals surface area contributed by atoms with Crippen molar-refractivity contribution in [1.29, 1.82) is 0 Å². The van der Waals surface area contributed by atoms with Crippen molar-refractivity contribution in [3.05, 3.63) is 59.7 Å². The Morgan fingerprint density at radius 1 is 0.909 bits per heavy atom. The standard InChI is InChI=1S/C29H41NO3/c1-3-4-10-24-13-17-26(18-14-24)27-19-15-25(16-20-27)23-33-28-11-7-9-22-30(28)21-8-5-6-12-29(31)32-2/h13-20,28H,3-12,21-23H2,1-2H3. The van der Waals surface area contributed by atoms with Crippen LogP contribution in [0.1, 0.15) is 75.8 Å². The summed E-state index contributed by atoms with van der Waals surface area (Å²) in [4.78, 5) is 13.7. The number of carbonyl (C=O) groups is 1. The highest BCUT2D eigenvalue weighted by Gasteiger charge is 2.22. The number of unbranched alkanes of at least 4 members (excludes halogenated alkanes) is 3. The van der Waals surface area contributed by atoms with Crippen molar-refractivity contribution in [2.75, 3.05) is 20.2 Å². The lowest BCUT2D eigenvalue weighted by Gasteiger charge is -2.35. The number of benzene rings is 2. The Kier molecular flexibility index (Phi) is 10.9. The van der Waals surface area contributed by atoms with E-state index in [2.05, 4.69) is 60.4 Å². The van der Waals surface area contributed by atoms with Gasteiger partial charge in [0.15, 0.2) is 0 Å². The summed E-state index contributed by atoms with van der Waals surface area (Å²) in [7, 11) is 1.46. The van der Waals surface area contributed by atoms with Gasteiger partial charge in [0.05, 0.1) is 13.7 Å². The summed E-state index contributed by atoms with van der Waals surface area (Å²) >= 11 is 0. The van der Waals surface area contributed by atoms with Crippen LogP contribution in [0.3, 0.4) is 0 Å². The van der Waals surface area contributed by atoms with E-state index in [9.17, 15) is 4.79 Å². The van der Waals surface area contributed by atoms with Gasteiger partial charge in [-0.2, -0.15) is 0 Å². The lowest BCUT2D eigenvalue weighted by atomic mass is 10.0. The molecule has 0 bridgehead atoms. The lowest BCUT2D eigenvalue weighted by molar-refractivity contribution is -0.140. The third kappa shape index (κ3) is 8.60. The lowest BCUT2D eigenvalue weighted by Crippen LogP contribution is -2.41. The first-order chi connectivity index (χ1) is 16.2. The Labute approximate surface area is 200 Å². The number of rotatable bonds is 13. The molecule has 1 saturated heterocycles. The summed E-state index contributed by atoms with van der Waals surface area (Å²) in [6.07, 6.45) is 11.0. The maximum absolute atomic E-state index is 11.2. The number of piperidine rings is 1. The fourth-order valence-electron chi connectivity index (χ4n) is 4.50. The second kappa shape index (κ2) is 14.2. The van der Waals surface area contributed by atoms with Gasteiger partial charge in [-0.15, -0.1) is 0 Å². The van der Waals surface area contributed by atoms with Crippen LogP contribution in [0.15, 0.2) is 48.5 Å². The highest BCUT2D eigenvalue weighted by atomic mass is 16.5. The van der Waals surface area contributed by atoms with Gasteiger partial charge in [0, 0.05) is 19.5 Å². The normalized spacial score (nSPS) is 16.6. The molecule has 1 aliphatic heterocycles. The molecular weight excluding hydrogens is 410 g/mol. The molecule has 1 unspecified atom stereocenters. The molecule has 0 N–H and O–H groups in total. The molecule has 0 spiro atoms. The minimum atomic E-state index is -0.107. The molecule has 4 heteroatoms. The van der Waals surface area contributed by atoms with Crippen molar-refractivity contribution >= 4 is 5.97 Å². The highest BCUT2D eigenvalue weighted by molar-refractivity contribution is 5.69. The summed E-state index contributed by atoms with van der Waals surface area (Å²) in [6.45, 7) is 5.04. The average molecular weight is 452 g/mol. The molecule has 0 saturated carbocycles. The van der Waals surface area contributed by atoms with E-state index in [-0.39, 0.29) is 12.2 Å². The first-order valence-electron chi connectivity index (χ1n) is 12.8. The Morgan fingerprint density at radius 3 is 2.27 bits per heavy atom. The Balaban J connectivity index is 1.44. The van der Waals surface area contributed by atoms with Gasteiger partial charge in [-0.25, -0.2) is 0 Å². The molecule has 180 valence electrons. The summed E-state index contributed by atoms with van der Waals surface area (Å²) in [5, 5.41) is 0. The van der Waals surface area contributed by atoms with Crippen LogP contribution in [0.4, 0.5) is 0 Å². The number of nitrogens with zero attached hydrogens (tertiary/aromatic N) is 1. The van der Waals surface area contributed by atoms with Crippen molar-refractivity contribution in [2.24, 2.45) is 0 Å². The maximum atomic E-state index is 11.2. The van der Waals surface area contributed by atoms with Crippen LogP contribution >= 0.6 is 0 Å². The maximum Gasteiger partial charge on any atom is 0.305 e. The smallest absolute Gasteiger partial charge is 0.305 e. The van der Waals surface area contributed by atoms with Gasteiger partial charge < -0.3 is 9.47 Å². The highest BCUT2D eigenvalue weighted by Crippen LogP contribution is 2.23. The Morgan fingerprint density at radius 2 is 1.61 bits per heavy atom. The van der Waals surface area contributed by atoms with Crippen molar-refractivity contribution in [3.63, 3.8) is 0 Å². The zero-order valence-electron chi connectivity index (χ0n) is 20.6. The van der Waals surface area contributed by atoms with Gasteiger partial charge in [0.25, 0.3) is 0 Å². The quantitative estimate of drug-likeness (QED) is 0.249. The molecule has 0 amide bonds. The second-order valence-corrected chi connectivity index (χ2v) is 9.18. The average Bonchev–Trinajstić information content (AvgIpc) is 2.87. The molecule has 2 aromatic carbocycles. The first-order valence-corrected chi connectivity index (χ1v) is 12.8. The van der Waals surface area contributed by atoms with Crippen LogP contribution in [0.25, 0.3) is 11.1 Å². The molecule has 1 atom stereocenters. The van der Waals surface area contributed by atoms with Crippen molar-refractivity contribution in [1.82, 2.24) is 4.90 Å². The number of esters is 1. The van der Waals surface area contributed by atoms with E-state index in [1.807, 2.05) is 0 Å². The fourth-order valence-corrected chi connectivity index (χ4v) is 4.50. The minimum absolute atomic E-state index is 0.107. The number of ether oxygens (including phenoxy) is 2. The monoisotopic (exact) mass is 451 g/mol. The molecule has 0 aliphatic carbocycles. The van der Waals surface area contributed by atoms with Gasteiger partial charge >= 0.3 is 5.97 Å². The zero-order chi connectivity index (χ0) is 23.3. The van der Waals surface area contributed by atoms with Crippen LogP contribution in [0.2, 0.25) is 0 Å². The summed E-state index contributed by atoms with van der Waals surface area (Å²) < 4.78 is 11.1. The fraction of sp³-hybridized carbons (Fsp3) is 0.552. The summed E-state index contributed by atoms with van der Waals surface area (Å²) in [5.74, 6) is -0.107. The van der Waals surface area contributed by atoms with Crippen LogP contribution in [0.5, 0.6) is 0 Å². The molecule has 3 rings (SSSR count). The van der Waals surface area contributed by atoms with Gasteiger partial charge in [-0.3, -0.25) is 9.69 Å². The number of hydrogen-bond donors (Lipinski definition) is 0. The minimum Gasteiger partial charge on any atom is -0.469 e. The van der Waals surface area contributed by atoms with Gasteiger partial charge in [-0.1, -0.05) is 68.3 Å².